The molecule has 104 valence electrons. The lowest BCUT2D eigenvalue weighted by molar-refractivity contribution is -0.152. The van der Waals surface area contributed by atoms with Crippen molar-refractivity contribution in [3.63, 3.8) is 0 Å². The maximum atomic E-state index is 11.8. The largest absolute Gasteiger partial charge is 0.481 e. The summed E-state index contributed by atoms with van der Waals surface area (Å²) < 4.78 is 0. The average molecular weight is 282 g/mol. The lowest BCUT2D eigenvalue weighted by atomic mass is 9.73. The van der Waals surface area contributed by atoms with Crippen molar-refractivity contribution in [3.8, 4) is 0 Å². The molecule has 2 unspecified atom stereocenters. The minimum atomic E-state index is -0.863. The highest BCUT2D eigenvalue weighted by Crippen LogP contribution is 2.34. The summed E-state index contributed by atoms with van der Waals surface area (Å²) in [5, 5.41) is 14.8. The van der Waals surface area contributed by atoms with E-state index in [2.05, 4.69) is 17.2 Å². The number of nitrogens with zero attached hydrogens (tertiary/aromatic N) is 1. The van der Waals surface area contributed by atoms with Crippen molar-refractivity contribution >= 4 is 23.2 Å². The van der Waals surface area contributed by atoms with Crippen molar-refractivity contribution in [2.45, 2.75) is 32.6 Å². The Labute approximate surface area is 116 Å². The molecule has 2 atom stereocenters. The number of hydrogen-bond acceptors (Lipinski definition) is 4. The van der Waals surface area contributed by atoms with E-state index in [1.165, 1.54) is 0 Å². The van der Waals surface area contributed by atoms with E-state index in [1.54, 1.807) is 11.3 Å². The molecule has 1 heterocycles. The smallest absolute Gasteiger partial charge is 0.307 e. The summed E-state index contributed by atoms with van der Waals surface area (Å²) in [4.78, 5) is 27.1. The fraction of sp³-hybridized carbons (Fsp3) is 0.615. The fourth-order valence-corrected chi connectivity index (χ4v) is 2.96. The molecule has 19 heavy (non-hydrogen) atoms. The molecule has 0 spiro atoms. The molecule has 2 rings (SSSR count). The van der Waals surface area contributed by atoms with E-state index in [9.17, 15) is 9.59 Å². The monoisotopic (exact) mass is 282 g/mol. The van der Waals surface area contributed by atoms with E-state index in [0.717, 1.165) is 17.1 Å². The van der Waals surface area contributed by atoms with Gasteiger partial charge >= 0.3 is 5.97 Å². The number of thiazole rings is 1. The topological polar surface area (TPSA) is 79.3 Å². The maximum Gasteiger partial charge on any atom is 0.307 e. The highest BCUT2D eigenvalue weighted by Gasteiger charge is 2.41. The lowest BCUT2D eigenvalue weighted by Gasteiger charge is -2.31. The van der Waals surface area contributed by atoms with Gasteiger partial charge in [-0.15, -0.1) is 11.3 Å². The average Bonchev–Trinajstić information content (AvgIpc) is 2.74. The number of rotatable bonds is 6. The molecule has 1 amide bonds. The van der Waals surface area contributed by atoms with E-state index >= 15 is 0 Å². The molecule has 0 bridgehead atoms. The van der Waals surface area contributed by atoms with Gasteiger partial charge < -0.3 is 10.4 Å². The van der Waals surface area contributed by atoms with Crippen LogP contribution in [0.5, 0.6) is 0 Å². The number of hydrogen-bond donors (Lipinski definition) is 2. The Morgan fingerprint density at radius 2 is 2.21 bits per heavy atom. The van der Waals surface area contributed by atoms with Gasteiger partial charge in [0, 0.05) is 18.3 Å². The number of carboxylic acids is 1. The molecular formula is C13H18N2O3S. The Bertz CT molecular complexity index is 472. The van der Waals surface area contributed by atoms with Gasteiger partial charge in [-0.2, -0.15) is 0 Å². The summed E-state index contributed by atoms with van der Waals surface area (Å²) in [6, 6.07) is 0. The zero-order valence-electron chi connectivity index (χ0n) is 10.9. The van der Waals surface area contributed by atoms with Gasteiger partial charge in [0.15, 0.2) is 0 Å². The number of aromatic nitrogens is 1. The molecule has 1 fully saturated rings. The molecule has 5 nitrogen and oxygen atoms in total. The summed E-state index contributed by atoms with van der Waals surface area (Å²) >= 11 is 1.63. The van der Waals surface area contributed by atoms with E-state index < -0.39 is 11.9 Å². The van der Waals surface area contributed by atoms with Crippen LogP contribution in [-0.2, 0) is 22.4 Å². The normalized spacial score (nSPS) is 21.7. The van der Waals surface area contributed by atoms with Crippen LogP contribution in [0.3, 0.4) is 0 Å². The Morgan fingerprint density at radius 1 is 1.47 bits per heavy atom. The van der Waals surface area contributed by atoms with Crippen LogP contribution in [0.15, 0.2) is 5.38 Å². The third-order valence-corrected chi connectivity index (χ3v) is 4.55. The number of aliphatic carboxylic acids is 1. The SMILES string of the molecule is CCc1nc(CCNC(=O)C2CCC2C(=O)O)cs1. The van der Waals surface area contributed by atoms with Crippen molar-refractivity contribution in [1.29, 1.82) is 0 Å². The summed E-state index contributed by atoms with van der Waals surface area (Å²) in [6.07, 6.45) is 2.92. The molecule has 1 aromatic rings. The van der Waals surface area contributed by atoms with Crippen LogP contribution in [0.2, 0.25) is 0 Å². The van der Waals surface area contributed by atoms with Crippen LogP contribution < -0.4 is 5.32 Å². The fourth-order valence-electron chi connectivity index (χ4n) is 2.18. The van der Waals surface area contributed by atoms with E-state index in [1.807, 2.05) is 5.38 Å². The van der Waals surface area contributed by atoms with Crippen LogP contribution in [-0.4, -0.2) is 28.5 Å². The molecular weight excluding hydrogens is 264 g/mol. The summed E-state index contributed by atoms with van der Waals surface area (Å²) in [6.45, 7) is 2.58. The third-order valence-electron chi connectivity index (χ3n) is 3.51. The van der Waals surface area contributed by atoms with Crippen LogP contribution in [0.4, 0.5) is 0 Å². The van der Waals surface area contributed by atoms with E-state index in [4.69, 9.17) is 5.11 Å². The van der Waals surface area contributed by atoms with Gasteiger partial charge in [0.1, 0.15) is 0 Å². The number of aryl methyl sites for hydroxylation is 1. The summed E-state index contributed by atoms with van der Waals surface area (Å²) in [5.41, 5.74) is 0.991. The van der Waals surface area contributed by atoms with Gasteiger partial charge in [0.25, 0.3) is 0 Å². The van der Waals surface area contributed by atoms with Crippen molar-refractivity contribution in [2.75, 3.05) is 6.54 Å². The van der Waals surface area contributed by atoms with Gasteiger partial charge in [0.05, 0.1) is 22.5 Å². The number of carbonyl (C=O) groups excluding carboxylic acids is 1. The number of carbonyl (C=O) groups is 2. The molecule has 0 saturated heterocycles. The molecule has 0 radical (unpaired) electrons. The second-order valence-electron chi connectivity index (χ2n) is 4.76. The van der Waals surface area contributed by atoms with Crippen LogP contribution in [0.25, 0.3) is 0 Å². The first kappa shape index (κ1) is 14.0. The van der Waals surface area contributed by atoms with Crippen molar-refractivity contribution in [1.82, 2.24) is 10.3 Å². The second-order valence-corrected chi connectivity index (χ2v) is 5.70. The number of carboxylic acid groups (broad SMARTS) is 1. The first-order valence-electron chi connectivity index (χ1n) is 6.55. The van der Waals surface area contributed by atoms with Crippen LogP contribution in [0, 0.1) is 11.8 Å². The van der Waals surface area contributed by atoms with Gasteiger partial charge in [0.2, 0.25) is 5.91 Å². The highest BCUT2D eigenvalue weighted by molar-refractivity contribution is 7.09. The maximum absolute atomic E-state index is 11.8. The zero-order valence-corrected chi connectivity index (χ0v) is 11.7. The highest BCUT2D eigenvalue weighted by atomic mass is 32.1. The Kier molecular flexibility index (Phi) is 4.52. The molecule has 1 aliphatic carbocycles. The first-order chi connectivity index (χ1) is 9.11. The lowest BCUT2D eigenvalue weighted by Crippen LogP contribution is -2.44. The van der Waals surface area contributed by atoms with Crippen molar-refractivity contribution in [2.24, 2.45) is 11.8 Å². The third kappa shape index (κ3) is 3.32. The van der Waals surface area contributed by atoms with Gasteiger partial charge in [-0.25, -0.2) is 4.98 Å². The Morgan fingerprint density at radius 3 is 2.74 bits per heavy atom. The molecule has 1 saturated carbocycles. The zero-order chi connectivity index (χ0) is 13.8. The molecule has 1 aromatic heterocycles. The first-order valence-corrected chi connectivity index (χ1v) is 7.43. The van der Waals surface area contributed by atoms with Gasteiger partial charge in [-0.3, -0.25) is 9.59 Å². The quantitative estimate of drug-likeness (QED) is 0.828. The summed E-state index contributed by atoms with van der Waals surface area (Å²) in [5.74, 6) is -1.84. The predicted octanol–water partition coefficient (Wildman–Crippen LogP) is 1.47. The van der Waals surface area contributed by atoms with Gasteiger partial charge in [-0.05, 0) is 19.3 Å². The number of amides is 1. The van der Waals surface area contributed by atoms with E-state index in [-0.39, 0.29) is 11.8 Å². The Hall–Kier alpha value is -1.43. The standard InChI is InChI=1S/C13H18N2O3S/c1-2-11-15-8(7-19-11)5-6-14-12(16)9-3-4-10(9)13(17)18/h7,9-10H,2-6H2,1H3,(H,14,16)(H,17,18). The van der Waals surface area contributed by atoms with Gasteiger partial charge in [-0.1, -0.05) is 6.92 Å². The molecule has 1 aliphatic rings. The number of nitrogens with one attached hydrogen (secondary N) is 1. The minimum absolute atomic E-state index is 0.135. The Balaban J connectivity index is 1.73. The van der Waals surface area contributed by atoms with Crippen molar-refractivity contribution < 1.29 is 14.7 Å². The minimum Gasteiger partial charge on any atom is -0.481 e. The van der Waals surface area contributed by atoms with E-state index in [0.29, 0.717) is 25.8 Å². The molecule has 2 N–H and O–H groups in total. The second kappa shape index (κ2) is 6.14. The van der Waals surface area contributed by atoms with Crippen LogP contribution >= 0.6 is 11.3 Å². The van der Waals surface area contributed by atoms with Crippen LogP contribution in [0.1, 0.15) is 30.5 Å². The predicted molar refractivity (Wildman–Crippen MR) is 72.1 cm³/mol. The molecule has 6 heteroatoms. The molecule has 0 aliphatic heterocycles. The molecule has 0 aromatic carbocycles. The summed E-state index contributed by atoms with van der Waals surface area (Å²) in [7, 11) is 0. The van der Waals surface area contributed by atoms with Crippen molar-refractivity contribution in [3.05, 3.63) is 16.1 Å².